The molecule has 5 nitrogen and oxygen atoms in total. The second kappa shape index (κ2) is 5.00. The number of aromatic nitrogens is 2. The number of nitrogens with one attached hydrogen (secondary N) is 1. The fourth-order valence-electron chi connectivity index (χ4n) is 2.61. The number of fused-ring (bicyclic) bond motifs is 1. The van der Waals surface area contributed by atoms with Gasteiger partial charge in [0.2, 0.25) is 5.95 Å². The standard InChI is InChI=1S/C15H19N5/c1-10-3-4-12(16)7-14(10)20-6-5-13-11(9-20)8-18-15(17-2)19-13/h3-4,7-8H,5-6,9,16H2,1-2H3,(H,17,18,19). The molecule has 2 aromatic rings. The van der Waals surface area contributed by atoms with E-state index >= 15 is 0 Å². The Bertz CT molecular complexity index is 638. The van der Waals surface area contributed by atoms with Crippen LogP contribution in [0.2, 0.25) is 0 Å². The van der Waals surface area contributed by atoms with Gasteiger partial charge >= 0.3 is 0 Å². The van der Waals surface area contributed by atoms with Crippen LogP contribution in [0.5, 0.6) is 0 Å². The molecule has 0 amide bonds. The Kier molecular flexibility index (Phi) is 3.18. The zero-order valence-electron chi connectivity index (χ0n) is 11.8. The molecule has 0 spiro atoms. The molecule has 0 aliphatic carbocycles. The number of aryl methyl sites for hydroxylation is 1. The molecular formula is C15H19N5. The summed E-state index contributed by atoms with van der Waals surface area (Å²) in [6, 6.07) is 6.06. The summed E-state index contributed by atoms with van der Waals surface area (Å²) < 4.78 is 0. The van der Waals surface area contributed by atoms with Gasteiger partial charge in [-0.15, -0.1) is 0 Å². The largest absolute Gasteiger partial charge is 0.399 e. The number of nitrogens with two attached hydrogens (primary N) is 1. The van der Waals surface area contributed by atoms with E-state index in [2.05, 4.69) is 33.2 Å². The molecular weight excluding hydrogens is 250 g/mol. The number of hydrogen-bond donors (Lipinski definition) is 2. The molecule has 1 aliphatic heterocycles. The number of nitrogens with zero attached hydrogens (tertiary/aromatic N) is 3. The lowest BCUT2D eigenvalue weighted by Crippen LogP contribution is -2.31. The summed E-state index contributed by atoms with van der Waals surface area (Å²) in [4.78, 5) is 11.2. The van der Waals surface area contributed by atoms with Crippen molar-refractivity contribution in [2.75, 3.05) is 29.5 Å². The van der Waals surface area contributed by atoms with Crippen molar-refractivity contribution in [3.63, 3.8) is 0 Å². The first kappa shape index (κ1) is 12.7. The van der Waals surface area contributed by atoms with Crippen molar-refractivity contribution in [3.05, 3.63) is 41.2 Å². The van der Waals surface area contributed by atoms with Crippen LogP contribution in [-0.2, 0) is 13.0 Å². The van der Waals surface area contributed by atoms with Crippen molar-refractivity contribution in [1.82, 2.24) is 9.97 Å². The highest BCUT2D eigenvalue weighted by Crippen LogP contribution is 2.28. The summed E-state index contributed by atoms with van der Waals surface area (Å²) in [5.74, 6) is 0.692. The van der Waals surface area contributed by atoms with Crippen molar-refractivity contribution in [2.24, 2.45) is 0 Å². The maximum Gasteiger partial charge on any atom is 0.222 e. The third kappa shape index (κ3) is 2.27. The van der Waals surface area contributed by atoms with Crippen LogP contribution in [0.25, 0.3) is 0 Å². The van der Waals surface area contributed by atoms with Gasteiger partial charge in [-0.2, -0.15) is 0 Å². The Morgan fingerprint density at radius 3 is 3.00 bits per heavy atom. The lowest BCUT2D eigenvalue weighted by Gasteiger charge is -2.31. The van der Waals surface area contributed by atoms with Gasteiger partial charge in [-0.1, -0.05) is 6.07 Å². The zero-order chi connectivity index (χ0) is 14.1. The van der Waals surface area contributed by atoms with Crippen LogP contribution < -0.4 is 16.0 Å². The summed E-state index contributed by atoms with van der Waals surface area (Å²) >= 11 is 0. The molecule has 1 aromatic heterocycles. The summed E-state index contributed by atoms with van der Waals surface area (Å²) in [5.41, 5.74) is 11.5. The minimum absolute atomic E-state index is 0.692. The van der Waals surface area contributed by atoms with Crippen LogP contribution in [0.4, 0.5) is 17.3 Å². The van der Waals surface area contributed by atoms with Gasteiger partial charge in [-0.3, -0.25) is 0 Å². The van der Waals surface area contributed by atoms with Gasteiger partial charge in [0, 0.05) is 49.7 Å². The molecule has 2 heterocycles. The average Bonchev–Trinajstić information content (AvgIpc) is 2.48. The van der Waals surface area contributed by atoms with Gasteiger partial charge < -0.3 is 16.0 Å². The first-order valence-electron chi connectivity index (χ1n) is 6.81. The van der Waals surface area contributed by atoms with Crippen LogP contribution in [0, 0.1) is 6.92 Å². The fraction of sp³-hybridized carbons (Fsp3) is 0.333. The Morgan fingerprint density at radius 1 is 1.35 bits per heavy atom. The minimum Gasteiger partial charge on any atom is -0.399 e. The van der Waals surface area contributed by atoms with Crippen molar-refractivity contribution < 1.29 is 0 Å². The van der Waals surface area contributed by atoms with Gasteiger partial charge in [0.1, 0.15) is 0 Å². The van der Waals surface area contributed by atoms with E-state index in [0.717, 1.165) is 30.9 Å². The van der Waals surface area contributed by atoms with Gasteiger partial charge in [0.05, 0.1) is 5.69 Å². The second-order valence-electron chi connectivity index (χ2n) is 5.13. The number of benzene rings is 1. The smallest absolute Gasteiger partial charge is 0.222 e. The summed E-state index contributed by atoms with van der Waals surface area (Å²) in [5, 5.41) is 2.98. The zero-order valence-corrected chi connectivity index (χ0v) is 11.8. The van der Waals surface area contributed by atoms with E-state index in [1.807, 2.05) is 25.4 Å². The normalized spacial score (nSPS) is 14.0. The summed E-state index contributed by atoms with van der Waals surface area (Å²) in [6.45, 7) is 3.91. The third-order valence-corrected chi connectivity index (χ3v) is 3.73. The lowest BCUT2D eigenvalue weighted by molar-refractivity contribution is 0.705. The molecule has 104 valence electrons. The first-order valence-corrected chi connectivity index (χ1v) is 6.81. The van der Waals surface area contributed by atoms with Crippen molar-refractivity contribution in [2.45, 2.75) is 19.9 Å². The van der Waals surface area contributed by atoms with Gasteiger partial charge in [0.15, 0.2) is 0 Å². The molecule has 0 fully saturated rings. The monoisotopic (exact) mass is 269 g/mol. The quantitative estimate of drug-likeness (QED) is 0.816. The maximum atomic E-state index is 5.91. The van der Waals surface area contributed by atoms with E-state index < -0.39 is 0 Å². The summed E-state index contributed by atoms with van der Waals surface area (Å²) in [6.07, 6.45) is 2.85. The maximum absolute atomic E-state index is 5.91. The van der Waals surface area contributed by atoms with E-state index in [-0.39, 0.29) is 0 Å². The second-order valence-corrected chi connectivity index (χ2v) is 5.13. The molecule has 20 heavy (non-hydrogen) atoms. The van der Waals surface area contributed by atoms with Crippen LogP contribution in [0.1, 0.15) is 16.8 Å². The highest BCUT2D eigenvalue weighted by Gasteiger charge is 2.19. The van der Waals surface area contributed by atoms with E-state index in [9.17, 15) is 0 Å². The molecule has 0 unspecified atom stereocenters. The minimum atomic E-state index is 0.692. The van der Waals surface area contributed by atoms with E-state index in [1.165, 1.54) is 16.8 Å². The number of nitrogen functional groups attached to an aromatic ring is 1. The van der Waals surface area contributed by atoms with Crippen molar-refractivity contribution in [3.8, 4) is 0 Å². The highest BCUT2D eigenvalue weighted by atomic mass is 15.2. The summed E-state index contributed by atoms with van der Waals surface area (Å²) in [7, 11) is 1.84. The Morgan fingerprint density at radius 2 is 2.20 bits per heavy atom. The topological polar surface area (TPSA) is 67.1 Å². The average molecular weight is 269 g/mol. The third-order valence-electron chi connectivity index (χ3n) is 3.73. The fourth-order valence-corrected chi connectivity index (χ4v) is 2.61. The Balaban J connectivity index is 1.90. The first-order chi connectivity index (χ1) is 9.67. The van der Waals surface area contributed by atoms with Gasteiger partial charge in [-0.25, -0.2) is 9.97 Å². The number of rotatable bonds is 2. The van der Waals surface area contributed by atoms with Crippen LogP contribution in [0.15, 0.2) is 24.4 Å². The molecule has 5 heteroatoms. The predicted molar refractivity (Wildman–Crippen MR) is 81.9 cm³/mol. The molecule has 3 N–H and O–H groups in total. The molecule has 0 radical (unpaired) electrons. The SMILES string of the molecule is CNc1ncc2c(n1)CCN(c1cc(N)ccc1C)C2. The predicted octanol–water partition coefficient (Wildman–Crippen LogP) is 1.97. The highest BCUT2D eigenvalue weighted by molar-refractivity contribution is 5.61. The number of anilines is 3. The Hall–Kier alpha value is -2.30. The molecule has 0 saturated heterocycles. The Labute approximate surface area is 118 Å². The van der Waals surface area contributed by atoms with E-state index in [0.29, 0.717) is 5.95 Å². The van der Waals surface area contributed by atoms with E-state index in [1.54, 1.807) is 0 Å². The van der Waals surface area contributed by atoms with Crippen LogP contribution in [0.3, 0.4) is 0 Å². The van der Waals surface area contributed by atoms with Gasteiger partial charge in [0.25, 0.3) is 0 Å². The molecule has 0 bridgehead atoms. The lowest BCUT2D eigenvalue weighted by atomic mass is 10.0. The number of hydrogen-bond acceptors (Lipinski definition) is 5. The molecule has 1 aromatic carbocycles. The van der Waals surface area contributed by atoms with Gasteiger partial charge in [-0.05, 0) is 24.6 Å². The molecule has 1 aliphatic rings. The van der Waals surface area contributed by atoms with Crippen LogP contribution in [-0.4, -0.2) is 23.6 Å². The molecule has 0 atom stereocenters. The van der Waals surface area contributed by atoms with Crippen LogP contribution >= 0.6 is 0 Å². The van der Waals surface area contributed by atoms with E-state index in [4.69, 9.17) is 5.73 Å². The molecule has 0 saturated carbocycles. The van der Waals surface area contributed by atoms with Crippen molar-refractivity contribution >= 4 is 17.3 Å². The van der Waals surface area contributed by atoms with Crippen molar-refractivity contribution in [1.29, 1.82) is 0 Å². The molecule has 3 rings (SSSR count).